The van der Waals surface area contributed by atoms with E-state index in [1.54, 1.807) is 12.4 Å². The van der Waals surface area contributed by atoms with E-state index >= 15 is 0 Å². The molecule has 0 atom stereocenters. The monoisotopic (exact) mass is 311 g/mol. The van der Waals surface area contributed by atoms with Crippen LogP contribution in [-0.2, 0) is 11.3 Å². The Labute approximate surface area is 138 Å². The predicted molar refractivity (Wildman–Crippen MR) is 92.8 cm³/mol. The van der Waals surface area contributed by atoms with Crippen LogP contribution in [0.15, 0.2) is 36.7 Å². The van der Waals surface area contributed by atoms with Crippen LogP contribution in [0.25, 0.3) is 11.4 Å². The average molecular weight is 311 g/mol. The molecule has 4 nitrogen and oxygen atoms in total. The number of carbonyl (C=O) groups excluding carboxylic acids is 1. The smallest absolute Gasteiger partial charge is 0.225 e. The van der Waals surface area contributed by atoms with Gasteiger partial charge in [0.05, 0.1) is 11.4 Å². The van der Waals surface area contributed by atoms with E-state index in [-0.39, 0.29) is 11.8 Å². The lowest BCUT2D eigenvalue weighted by atomic mass is 10.1. The average Bonchev–Trinajstić information content (AvgIpc) is 2.54. The lowest BCUT2D eigenvalue weighted by molar-refractivity contribution is -0.135. The summed E-state index contributed by atoms with van der Waals surface area (Å²) in [5, 5.41) is 0. The minimum absolute atomic E-state index is 0.0151. The van der Waals surface area contributed by atoms with Gasteiger partial charge in [-0.25, -0.2) is 0 Å². The fourth-order valence-corrected chi connectivity index (χ4v) is 2.51. The molecule has 0 aliphatic rings. The molecule has 23 heavy (non-hydrogen) atoms. The standard InChI is InChI=1S/C19H25N3O/c1-5-10-22(19(23)14(2)3)13-16-7-9-21-18(12-16)17-11-15(4)6-8-20-17/h6-9,11-12,14H,5,10,13H2,1-4H3. The Morgan fingerprint density at radius 2 is 1.78 bits per heavy atom. The Kier molecular flexibility index (Phi) is 5.85. The highest BCUT2D eigenvalue weighted by atomic mass is 16.2. The number of rotatable bonds is 6. The van der Waals surface area contributed by atoms with Crippen molar-refractivity contribution >= 4 is 5.91 Å². The van der Waals surface area contributed by atoms with Gasteiger partial charge in [-0.15, -0.1) is 0 Å². The van der Waals surface area contributed by atoms with Crippen LogP contribution in [0.5, 0.6) is 0 Å². The highest BCUT2D eigenvalue weighted by Crippen LogP contribution is 2.18. The zero-order valence-electron chi connectivity index (χ0n) is 14.4. The van der Waals surface area contributed by atoms with Gasteiger partial charge < -0.3 is 4.90 Å². The predicted octanol–water partition coefficient (Wildman–Crippen LogP) is 3.85. The number of aromatic nitrogens is 2. The van der Waals surface area contributed by atoms with Crippen molar-refractivity contribution in [3.8, 4) is 11.4 Å². The summed E-state index contributed by atoms with van der Waals surface area (Å²) >= 11 is 0. The Balaban J connectivity index is 2.23. The van der Waals surface area contributed by atoms with Crippen LogP contribution < -0.4 is 0 Å². The van der Waals surface area contributed by atoms with Crippen LogP contribution in [0.4, 0.5) is 0 Å². The molecule has 0 spiro atoms. The maximum atomic E-state index is 12.3. The first-order valence-corrected chi connectivity index (χ1v) is 8.18. The normalized spacial score (nSPS) is 10.8. The third-order valence-corrected chi connectivity index (χ3v) is 3.67. The van der Waals surface area contributed by atoms with Crippen molar-refractivity contribution in [2.75, 3.05) is 6.54 Å². The van der Waals surface area contributed by atoms with Gasteiger partial charge >= 0.3 is 0 Å². The van der Waals surface area contributed by atoms with Crippen molar-refractivity contribution in [2.45, 2.75) is 40.7 Å². The van der Waals surface area contributed by atoms with E-state index < -0.39 is 0 Å². The van der Waals surface area contributed by atoms with Gasteiger partial charge in [0.2, 0.25) is 5.91 Å². The number of carbonyl (C=O) groups is 1. The Morgan fingerprint density at radius 3 is 2.39 bits per heavy atom. The van der Waals surface area contributed by atoms with Gasteiger partial charge in [-0.05, 0) is 48.7 Å². The van der Waals surface area contributed by atoms with E-state index in [1.165, 1.54) is 0 Å². The first-order chi connectivity index (χ1) is 11.0. The van der Waals surface area contributed by atoms with E-state index in [0.29, 0.717) is 6.54 Å². The molecule has 0 aromatic carbocycles. The first kappa shape index (κ1) is 17.1. The molecule has 0 bridgehead atoms. The summed E-state index contributed by atoms with van der Waals surface area (Å²) in [6.45, 7) is 9.41. The Morgan fingerprint density at radius 1 is 1.13 bits per heavy atom. The third-order valence-electron chi connectivity index (χ3n) is 3.67. The van der Waals surface area contributed by atoms with Gasteiger partial charge in [0, 0.05) is 31.4 Å². The quantitative estimate of drug-likeness (QED) is 0.814. The molecule has 4 heteroatoms. The van der Waals surface area contributed by atoms with E-state index in [0.717, 1.165) is 35.5 Å². The fraction of sp³-hybridized carbons (Fsp3) is 0.421. The number of amides is 1. The van der Waals surface area contributed by atoms with Crippen molar-refractivity contribution in [3.05, 3.63) is 47.8 Å². The van der Waals surface area contributed by atoms with Crippen molar-refractivity contribution in [1.29, 1.82) is 0 Å². The zero-order chi connectivity index (χ0) is 16.8. The summed E-state index contributed by atoms with van der Waals surface area (Å²) in [4.78, 5) is 23.1. The number of hydrogen-bond acceptors (Lipinski definition) is 3. The molecule has 0 N–H and O–H groups in total. The third kappa shape index (κ3) is 4.62. The molecule has 1 amide bonds. The molecule has 2 heterocycles. The minimum atomic E-state index is 0.0151. The topological polar surface area (TPSA) is 46.1 Å². The zero-order valence-corrected chi connectivity index (χ0v) is 14.4. The van der Waals surface area contributed by atoms with Crippen molar-refractivity contribution in [2.24, 2.45) is 5.92 Å². The van der Waals surface area contributed by atoms with Crippen molar-refractivity contribution in [1.82, 2.24) is 14.9 Å². The molecule has 2 aromatic rings. The summed E-state index contributed by atoms with van der Waals surface area (Å²) in [7, 11) is 0. The molecular formula is C19H25N3O. The van der Waals surface area contributed by atoms with Crippen LogP contribution in [-0.4, -0.2) is 27.3 Å². The number of hydrogen-bond donors (Lipinski definition) is 0. The van der Waals surface area contributed by atoms with Crippen molar-refractivity contribution < 1.29 is 4.79 Å². The molecule has 122 valence electrons. The van der Waals surface area contributed by atoms with Gasteiger partial charge in [0.25, 0.3) is 0 Å². The van der Waals surface area contributed by atoms with E-state index in [9.17, 15) is 4.79 Å². The first-order valence-electron chi connectivity index (χ1n) is 8.18. The van der Waals surface area contributed by atoms with Crippen LogP contribution >= 0.6 is 0 Å². The minimum Gasteiger partial charge on any atom is -0.338 e. The van der Waals surface area contributed by atoms with Gasteiger partial charge in [-0.3, -0.25) is 14.8 Å². The number of aryl methyl sites for hydroxylation is 1. The van der Waals surface area contributed by atoms with Gasteiger partial charge in [-0.2, -0.15) is 0 Å². The number of pyridine rings is 2. The molecule has 0 fully saturated rings. The second kappa shape index (κ2) is 7.86. The molecule has 0 saturated carbocycles. The summed E-state index contributed by atoms with van der Waals surface area (Å²) in [6.07, 6.45) is 4.54. The van der Waals surface area contributed by atoms with Crippen LogP contribution in [0.3, 0.4) is 0 Å². The summed E-state index contributed by atoms with van der Waals surface area (Å²) < 4.78 is 0. The molecular weight excluding hydrogens is 286 g/mol. The molecule has 0 aliphatic carbocycles. The highest BCUT2D eigenvalue weighted by molar-refractivity contribution is 5.78. The Hall–Kier alpha value is -2.23. The summed E-state index contributed by atoms with van der Waals surface area (Å²) in [5.41, 5.74) is 3.95. The van der Waals surface area contributed by atoms with Gasteiger partial charge in [0.15, 0.2) is 0 Å². The molecule has 2 aromatic heterocycles. The van der Waals surface area contributed by atoms with Crippen molar-refractivity contribution in [3.63, 3.8) is 0 Å². The van der Waals surface area contributed by atoms with Crippen LogP contribution in [0.2, 0.25) is 0 Å². The lowest BCUT2D eigenvalue weighted by Gasteiger charge is -2.24. The highest BCUT2D eigenvalue weighted by Gasteiger charge is 2.16. The van der Waals surface area contributed by atoms with E-state index in [2.05, 4.69) is 16.9 Å². The van der Waals surface area contributed by atoms with Crippen LogP contribution in [0.1, 0.15) is 38.3 Å². The molecule has 0 unspecified atom stereocenters. The van der Waals surface area contributed by atoms with Crippen LogP contribution in [0, 0.1) is 12.8 Å². The lowest BCUT2D eigenvalue weighted by Crippen LogP contribution is -2.34. The molecule has 2 rings (SSSR count). The van der Waals surface area contributed by atoms with Gasteiger partial charge in [-0.1, -0.05) is 20.8 Å². The second-order valence-corrected chi connectivity index (χ2v) is 6.18. The molecule has 0 aliphatic heterocycles. The fourth-order valence-electron chi connectivity index (χ4n) is 2.51. The molecule has 0 saturated heterocycles. The largest absolute Gasteiger partial charge is 0.338 e. The number of nitrogens with zero attached hydrogens (tertiary/aromatic N) is 3. The summed E-state index contributed by atoms with van der Waals surface area (Å²) in [5.74, 6) is 0.209. The van der Waals surface area contributed by atoms with E-state index in [1.807, 2.05) is 49.9 Å². The van der Waals surface area contributed by atoms with E-state index in [4.69, 9.17) is 0 Å². The Bertz CT molecular complexity index is 667. The maximum absolute atomic E-state index is 12.3. The molecule has 0 radical (unpaired) electrons. The SMILES string of the molecule is CCCN(Cc1ccnc(-c2cc(C)ccn2)c1)C(=O)C(C)C. The van der Waals surface area contributed by atoms with Gasteiger partial charge in [0.1, 0.15) is 0 Å². The second-order valence-electron chi connectivity index (χ2n) is 6.18. The maximum Gasteiger partial charge on any atom is 0.225 e. The summed E-state index contributed by atoms with van der Waals surface area (Å²) in [6, 6.07) is 7.99.